The molecule has 1 fully saturated rings. The molecule has 9 heteroatoms. The Labute approximate surface area is 166 Å². The quantitative estimate of drug-likeness (QED) is 0.543. The van der Waals surface area contributed by atoms with Crippen molar-refractivity contribution >= 4 is 17.1 Å². The maximum absolute atomic E-state index is 12.8. The van der Waals surface area contributed by atoms with E-state index in [2.05, 4.69) is 35.6 Å². The monoisotopic (exact) mass is 388 g/mol. The topological polar surface area (TPSA) is 114 Å². The van der Waals surface area contributed by atoms with Gasteiger partial charge < -0.3 is 10.3 Å². The first-order valence-electron chi connectivity index (χ1n) is 9.72. The summed E-state index contributed by atoms with van der Waals surface area (Å²) in [5.41, 5.74) is 3.30. The predicted molar refractivity (Wildman–Crippen MR) is 105 cm³/mol. The number of imidazole rings is 1. The number of carbonyl (C=O) groups is 1. The summed E-state index contributed by atoms with van der Waals surface area (Å²) < 4.78 is 1.68. The maximum Gasteiger partial charge on any atom is 0.272 e. The van der Waals surface area contributed by atoms with Crippen LogP contribution in [0.2, 0.25) is 0 Å². The van der Waals surface area contributed by atoms with Gasteiger partial charge in [0.2, 0.25) is 0 Å². The molecule has 0 unspecified atom stereocenters. The van der Waals surface area contributed by atoms with E-state index in [0.29, 0.717) is 29.3 Å². The summed E-state index contributed by atoms with van der Waals surface area (Å²) in [5.74, 6) is 1.07. The van der Waals surface area contributed by atoms with Crippen LogP contribution in [-0.2, 0) is 6.54 Å². The fourth-order valence-corrected chi connectivity index (χ4v) is 3.83. The van der Waals surface area contributed by atoms with Crippen LogP contribution >= 0.6 is 0 Å². The average molecular weight is 388 g/mol. The molecule has 146 valence electrons. The molecule has 5 rings (SSSR count). The number of rotatable bonds is 5. The number of fused-ring (bicyclic) bond motifs is 1. The lowest BCUT2D eigenvalue weighted by Gasteiger charge is -2.07. The van der Waals surface area contributed by atoms with E-state index < -0.39 is 0 Å². The molecule has 0 aliphatic heterocycles. The first-order chi connectivity index (χ1) is 14.3. The highest BCUT2D eigenvalue weighted by Gasteiger charge is 2.23. The van der Waals surface area contributed by atoms with E-state index in [1.165, 1.54) is 19.2 Å². The number of aromatic nitrogens is 7. The van der Waals surface area contributed by atoms with E-state index in [9.17, 15) is 4.79 Å². The molecule has 1 aliphatic rings. The Morgan fingerprint density at radius 1 is 1.24 bits per heavy atom. The van der Waals surface area contributed by atoms with Crippen LogP contribution in [0.25, 0.3) is 16.9 Å². The second-order valence-electron chi connectivity index (χ2n) is 7.22. The molecule has 3 heterocycles. The third-order valence-electron chi connectivity index (χ3n) is 5.31. The first kappa shape index (κ1) is 17.5. The molecule has 2 N–H and O–H groups in total. The van der Waals surface area contributed by atoms with Gasteiger partial charge in [-0.05, 0) is 30.5 Å². The Morgan fingerprint density at radius 3 is 2.97 bits per heavy atom. The van der Waals surface area contributed by atoms with Gasteiger partial charge in [-0.2, -0.15) is 0 Å². The average Bonchev–Trinajstić information content (AvgIpc) is 3.52. The van der Waals surface area contributed by atoms with Crippen molar-refractivity contribution in [1.82, 2.24) is 40.2 Å². The molecule has 29 heavy (non-hydrogen) atoms. The minimum Gasteiger partial charge on any atom is -0.347 e. The van der Waals surface area contributed by atoms with Crippen LogP contribution in [0.3, 0.4) is 0 Å². The van der Waals surface area contributed by atoms with Crippen LogP contribution in [0.5, 0.6) is 0 Å². The lowest BCUT2D eigenvalue weighted by atomic mass is 10.1. The Bertz CT molecular complexity index is 1140. The molecule has 0 atom stereocenters. The zero-order chi connectivity index (χ0) is 19.6. The standard InChI is InChI=1S/C20H20N8O/c29-20(21-11-13-4-3-7-15(10-13)28-9-8-24-27-28)17-16-19(23-12-22-17)26-18(25-16)14-5-1-2-6-14/h3-4,7-10,12,14H,1-2,5-6,11H2,(H,21,29)(H,22,23,25,26). The fraction of sp³-hybridized carbons (Fsp3) is 0.300. The Kier molecular flexibility index (Phi) is 4.47. The van der Waals surface area contributed by atoms with Crippen LogP contribution in [-0.4, -0.2) is 40.8 Å². The molecule has 0 radical (unpaired) electrons. The Balaban J connectivity index is 1.34. The summed E-state index contributed by atoms with van der Waals surface area (Å²) in [6, 6.07) is 7.76. The maximum atomic E-state index is 12.8. The molecular formula is C20H20N8O. The third-order valence-corrected chi connectivity index (χ3v) is 5.31. The van der Waals surface area contributed by atoms with Gasteiger partial charge >= 0.3 is 0 Å². The molecule has 0 saturated heterocycles. The second-order valence-corrected chi connectivity index (χ2v) is 7.22. The molecule has 4 aromatic rings. The summed E-state index contributed by atoms with van der Waals surface area (Å²) in [4.78, 5) is 29.1. The summed E-state index contributed by atoms with van der Waals surface area (Å²) in [6.07, 6.45) is 9.47. The zero-order valence-electron chi connectivity index (χ0n) is 15.7. The van der Waals surface area contributed by atoms with Crippen molar-refractivity contribution in [1.29, 1.82) is 0 Å². The van der Waals surface area contributed by atoms with Crippen LogP contribution in [0.1, 0.15) is 53.5 Å². The fourth-order valence-electron chi connectivity index (χ4n) is 3.83. The van der Waals surface area contributed by atoms with Crippen LogP contribution in [0.15, 0.2) is 43.0 Å². The lowest BCUT2D eigenvalue weighted by Crippen LogP contribution is -2.24. The van der Waals surface area contributed by atoms with Gasteiger partial charge in [-0.25, -0.2) is 19.6 Å². The minimum absolute atomic E-state index is 0.259. The molecule has 1 aliphatic carbocycles. The van der Waals surface area contributed by atoms with E-state index in [1.807, 2.05) is 24.3 Å². The van der Waals surface area contributed by atoms with Gasteiger partial charge in [0.15, 0.2) is 11.3 Å². The van der Waals surface area contributed by atoms with Gasteiger partial charge in [-0.15, -0.1) is 5.10 Å². The summed E-state index contributed by atoms with van der Waals surface area (Å²) in [6.45, 7) is 0.372. The van der Waals surface area contributed by atoms with Crippen LogP contribution in [0, 0.1) is 0 Å². The normalized spacial score (nSPS) is 14.5. The molecule has 0 spiro atoms. The Morgan fingerprint density at radius 2 is 2.14 bits per heavy atom. The van der Waals surface area contributed by atoms with Crippen molar-refractivity contribution in [3.8, 4) is 5.69 Å². The van der Waals surface area contributed by atoms with Crippen LogP contribution < -0.4 is 5.32 Å². The number of hydrogen-bond donors (Lipinski definition) is 2. The molecule has 1 aromatic carbocycles. The molecule has 1 saturated carbocycles. The van der Waals surface area contributed by atoms with E-state index >= 15 is 0 Å². The number of benzene rings is 1. The highest BCUT2D eigenvalue weighted by atomic mass is 16.1. The summed E-state index contributed by atoms with van der Waals surface area (Å²) in [7, 11) is 0. The first-order valence-corrected chi connectivity index (χ1v) is 9.72. The van der Waals surface area contributed by atoms with Gasteiger partial charge in [0, 0.05) is 12.5 Å². The molecule has 9 nitrogen and oxygen atoms in total. The van der Waals surface area contributed by atoms with Gasteiger partial charge in [0.25, 0.3) is 5.91 Å². The van der Waals surface area contributed by atoms with Crippen molar-refractivity contribution in [3.05, 3.63) is 60.1 Å². The molecule has 3 aromatic heterocycles. The number of aromatic amines is 1. The zero-order valence-corrected chi connectivity index (χ0v) is 15.7. The van der Waals surface area contributed by atoms with Gasteiger partial charge in [0.05, 0.1) is 18.1 Å². The SMILES string of the molecule is O=C(NCc1cccc(-n2ccnn2)c1)c1ncnc2nc(C3CCCC3)[nH]c12. The van der Waals surface area contributed by atoms with E-state index in [-0.39, 0.29) is 5.91 Å². The summed E-state index contributed by atoms with van der Waals surface area (Å²) >= 11 is 0. The smallest absolute Gasteiger partial charge is 0.272 e. The van der Waals surface area contributed by atoms with Crippen molar-refractivity contribution in [2.24, 2.45) is 0 Å². The number of H-pyrrole nitrogens is 1. The van der Waals surface area contributed by atoms with E-state index in [4.69, 9.17) is 0 Å². The number of nitrogens with zero attached hydrogens (tertiary/aromatic N) is 6. The molecule has 0 bridgehead atoms. The lowest BCUT2D eigenvalue weighted by molar-refractivity contribution is 0.0947. The van der Waals surface area contributed by atoms with Gasteiger partial charge in [-0.3, -0.25) is 4.79 Å². The molecule has 1 amide bonds. The minimum atomic E-state index is -0.259. The van der Waals surface area contributed by atoms with Crippen molar-refractivity contribution < 1.29 is 4.79 Å². The van der Waals surface area contributed by atoms with E-state index in [0.717, 1.165) is 29.9 Å². The number of nitrogens with one attached hydrogen (secondary N) is 2. The predicted octanol–water partition coefficient (Wildman–Crippen LogP) is 2.52. The van der Waals surface area contributed by atoms with Crippen LogP contribution in [0.4, 0.5) is 0 Å². The highest BCUT2D eigenvalue weighted by molar-refractivity contribution is 6.02. The number of carbonyl (C=O) groups excluding carboxylic acids is 1. The summed E-state index contributed by atoms with van der Waals surface area (Å²) in [5, 5.41) is 10.7. The van der Waals surface area contributed by atoms with Gasteiger partial charge in [0.1, 0.15) is 17.7 Å². The van der Waals surface area contributed by atoms with Crippen molar-refractivity contribution in [3.63, 3.8) is 0 Å². The second kappa shape index (κ2) is 7.42. The molecular weight excluding hydrogens is 368 g/mol. The van der Waals surface area contributed by atoms with Gasteiger partial charge in [-0.1, -0.05) is 30.2 Å². The van der Waals surface area contributed by atoms with Crippen molar-refractivity contribution in [2.45, 2.75) is 38.1 Å². The van der Waals surface area contributed by atoms with E-state index in [1.54, 1.807) is 17.1 Å². The third kappa shape index (κ3) is 3.46. The number of hydrogen-bond acceptors (Lipinski definition) is 6. The highest BCUT2D eigenvalue weighted by Crippen LogP contribution is 2.33. The van der Waals surface area contributed by atoms with Crippen molar-refractivity contribution in [2.75, 3.05) is 0 Å². The number of amides is 1. The Hall–Kier alpha value is -3.62. The largest absolute Gasteiger partial charge is 0.347 e.